The van der Waals surface area contributed by atoms with Crippen LogP contribution < -0.4 is 10.6 Å². The van der Waals surface area contributed by atoms with E-state index in [1.807, 2.05) is 20.8 Å². The second-order valence-corrected chi connectivity index (χ2v) is 7.86. The van der Waals surface area contributed by atoms with Crippen molar-refractivity contribution >= 4 is 6.09 Å². The van der Waals surface area contributed by atoms with Crippen LogP contribution in [0.25, 0.3) is 0 Å². The highest BCUT2D eigenvalue weighted by molar-refractivity contribution is 5.70. The maximum Gasteiger partial charge on any atom is 0.408 e. The maximum absolute atomic E-state index is 12.1. The van der Waals surface area contributed by atoms with Gasteiger partial charge in [0.15, 0.2) is 0 Å². The van der Waals surface area contributed by atoms with Gasteiger partial charge >= 0.3 is 6.09 Å². The first kappa shape index (κ1) is 16.3. The van der Waals surface area contributed by atoms with E-state index in [-0.39, 0.29) is 11.6 Å². The molecule has 126 valence electrons. The minimum absolute atomic E-state index is 0.213. The summed E-state index contributed by atoms with van der Waals surface area (Å²) in [5.41, 5.74) is 1.94. The molecule has 2 fully saturated rings. The number of alkyl carbamates (subject to hydrolysis) is 1. The zero-order chi connectivity index (χ0) is 16.5. The summed E-state index contributed by atoms with van der Waals surface area (Å²) < 4.78 is 5.40. The van der Waals surface area contributed by atoms with Crippen LogP contribution >= 0.6 is 0 Å². The van der Waals surface area contributed by atoms with Crippen LogP contribution in [-0.2, 0) is 10.3 Å². The zero-order valence-corrected chi connectivity index (χ0v) is 14.4. The number of hydrogen-bond acceptors (Lipinski definition) is 3. The first-order valence-corrected chi connectivity index (χ1v) is 8.70. The first-order valence-electron chi connectivity index (χ1n) is 8.70. The smallest absolute Gasteiger partial charge is 0.408 e. The van der Waals surface area contributed by atoms with E-state index in [2.05, 4.69) is 34.9 Å². The minimum atomic E-state index is -0.459. The lowest BCUT2D eigenvalue weighted by atomic mass is 9.89. The molecule has 1 heterocycles. The topological polar surface area (TPSA) is 50.4 Å². The molecule has 0 atom stereocenters. The summed E-state index contributed by atoms with van der Waals surface area (Å²) in [5.74, 6) is 0.666. The Kier molecular flexibility index (Phi) is 4.37. The predicted molar refractivity (Wildman–Crippen MR) is 91.6 cm³/mol. The van der Waals surface area contributed by atoms with Crippen molar-refractivity contribution in [3.05, 3.63) is 35.4 Å². The third kappa shape index (κ3) is 4.05. The van der Waals surface area contributed by atoms with Crippen LogP contribution in [0.4, 0.5) is 4.79 Å². The van der Waals surface area contributed by atoms with Gasteiger partial charge in [0, 0.05) is 0 Å². The molecule has 1 amide bonds. The van der Waals surface area contributed by atoms with Crippen LogP contribution in [0.2, 0.25) is 0 Å². The molecule has 0 bridgehead atoms. The number of rotatable bonds is 3. The highest BCUT2D eigenvalue weighted by Crippen LogP contribution is 2.46. The highest BCUT2D eigenvalue weighted by Gasteiger charge is 2.46. The fourth-order valence-electron chi connectivity index (χ4n) is 3.34. The molecule has 0 radical (unpaired) electrons. The van der Waals surface area contributed by atoms with Crippen molar-refractivity contribution in [1.29, 1.82) is 0 Å². The summed E-state index contributed by atoms with van der Waals surface area (Å²) in [6.45, 7) is 7.88. The number of amides is 1. The Bertz CT molecular complexity index is 550. The van der Waals surface area contributed by atoms with Gasteiger partial charge in [0.05, 0.1) is 5.54 Å². The lowest BCUT2D eigenvalue weighted by Crippen LogP contribution is -2.39. The molecule has 4 heteroatoms. The molecule has 4 nitrogen and oxygen atoms in total. The third-order valence-corrected chi connectivity index (χ3v) is 4.76. The zero-order valence-electron chi connectivity index (χ0n) is 14.4. The van der Waals surface area contributed by atoms with Crippen LogP contribution in [0.1, 0.15) is 63.5 Å². The van der Waals surface area contributed by atoms with Crippen molar-refractivity contribution in [1.82, 2.24) is 10.6 Å². The second kappa shape index (κ2) is 6.16. The van der Waals surface area contributed by atoms with Crippen molar-refractivity contribution in [2.45, 2.75) is 63.5 Å². The highest BCUT2D eigenvalue weighted by atomic mass is 16.6. The van der Waals surface area contributed by atoms with Gasteiger partial charge in [0.2, 0.25) is 0 Å². The van der Waals surface area contributed by atoms with E-state index < -0.39 is 5.60 Å². The van der Waals surface area contributed by atoms with Crippen molar-refractivity contribution in [2.75, 3.05) is 13.1 Å². The molecule has 1 aliphatic heterocycles. The summed E-state index contributed by atoms with van der Waals surface area (Å²) in [7, 11) is 0. The van der Waals surface area contributed by atoms with Gasteiger partial charge in [-0.3, -0.25) is 0 Å². The van der Waals surface area contributed by atoms with Crippen molar-refractivity contribution in [3.63, 3.8) is 0 Å². The first-order chi connectivity index (χ1) is 10.9. The van der Waals surface area contributed by atoms with E-state index in [0.29, 0.717) is 5.92 Å². The number of nitrogens with one attached hydrogen (secondary N) is 2. The summed E-state index contributed by atoms with van der Waals surface area (Å²) in [5, 5.41) is 6.48. The molecular weight excluding hydrogens is 288 g/mol. The third-order valence-electron chi connectivity index (χ3n) is 4.76. The van der Waals surface area contributed by atoms with Gasteiger partial charge in [0.1, 0.15) is 5.60 Å². The van der Waals surface area contributed by atoms with Gasteiger partial charge in [-0.05, 0) is 76.6 Å². The molecule has 0 unspecified atom stereocenters. The molecule has 1 saturated carbocycles. The van der Waals surface area contributed by atoms with Crippen molar-refractivity contribution in [2.24, 2.45) is 0 Å². The number of carbonyl (C=O) groups is 1. The van der Waals surface area contributed by atoms with E-state index in [1.165, 1.54) is 24.0 Å². The number of ether oxygens (including phenoxy) is 1. The number of carbonyl (C=O) groups excluding carboxylic acids is 1. The van der Waals surface area contributed by atoms with Crippen molar-refractivity contribution in [3.8, 4) is 0 Å². The predicted octanol–water partition coefficient (Wildman–Crippen LogP) is 3.67. The lowest BCUT2D eigenvalue weighted by Gasteiger charge is -2.25. The molecule has 3 rings (SSSR count). The molecule has 1 aliphatic carbocycles. The molecule has 1 aromatic rings. The summed E-state index contributed by atoms with van der Waals surface area (Å²) in [4.78, 5) is 12.1. The van der Waals surface area contributed by atoms with E-state index in [1.54, 1.807) is 0 Å². The molecule has 23 heavy (non-hydrogen) atoms. The van der Waals surface area contributed by atoms with Gasteiger partial charge in [-0.25, -0.2) is 4.79 Å². The average molecular weight is 316 g/mol. The molecule has 2 N–H and O–H groups in total. The Morgan fingerprint density at radius 3 is 2.30 bits per heavy atom. The number of benzene rings is 1. The van der Waals surface area contributed by atoms with E-state index in [4.69, 9.17) is 4.74 Å². The molecule has 1 aromatic carbocycles. The van der Waals surface area contributed by atoms with Crippen molar-refractivity contribution < 1.29 is 9.53 Å². The second-order valence-electron chi connectivity index (χ2n) is 7.86. The molecule has 0 spiro atoms. The summed E-state index contributed by atoms with van der Waals surface area (Å²) >= 11 is 0. The number of piperidine rings is 1. The fourth-order valence-corrected chi connectivity index (χ4v) is 3.34. The SMILES string of the molecule is CC(C)(C)OC(=O)NC1(c2ccc(C3CCNCC3)cc2)CC1. The van der Waals surface area contributed by atoms with Gasteiger partial charge in [-0.2, -0.15) is 0 Å². The van der Waals surface area contributed by atoms with Crippen LogP contribution in [0, 0.1) is 0 Å². The molecule has 2 aliphatic rings. The summed E-state index contributed by atoms with van der Waals surface area (Å²) in [6, 6.07) is 8.84. The van der Waals surface area contributed by atoms with Crippen LogP contribution in [0.3, 0.4) is 0 Å². The van der Waals surface area contributed by atoms with E-state index in [9.17, 15) is 4.79 Å². The minimum Gasteiger partial charge on any atom is -0.444 e. The normalized spacial score (nSPS) is 20.8. The monoisotopic (exact) mass is 316 g/mol. The summed E-state index contributed by atoms with van der Waals surface area (Å²) in [6.07, 6.45) is 4.07. The Morgan fingerprint density at radius 2 is 1.78 bits per heavy atom. The van der Waals surface area contributed by atoms with Crippen LogP contribution in [0.15, 0.2) is 24.3 Å². The largest absolute Gasteiger partial charge is 0.444 e. The van der Waals surface area contributed by atoms with Gasteiger partial charge in [-0.15, -0.1) is 0 Å². The lowest BCUT2D eigenvalue weighted by molar-refractivity contribution is 0.0495. The molecule has 1 saturated heterocycles. The van der Waals surface area contributed by atoms with Gasteiger partial charge in [-0.1, -0.05) is 24.3 Å². The number of hydrogen-bond donors (Lipinski definition) is 2. The van der Waals surface area contributed by atoms with Crippen LogP contribution in [-0.4, -0.2) is 24.8 Å². The Labute approximate surface area is 139 Å². The Hall–Kier alpha value is -1.55. The Balaban J connectivity index is 1.65. The van der Waals surface area contributed by atoms with Gasteiger partial charge < -0.3 is 15.4 Å². The average Bonchev–Trinajstić information content (AvgIpc) is 3.27. The quantitative estimate of drug-likeness (QED) is 0.894. The molecular formula is C19H28N2O2. The van der Waals surface area contributed by atoms with E-state index >= 15 is 0 Å². The van der Waals surface area contributed by atoms with Crippen LogP contribution in [0.5, 0.6) is 0 Å². The van der Waals surface area contributed by atoms with E-state index in [0.717, 1.165) is 25.9 Å². The molecule has 0 aromatic heterocycles. The fraction of sp³-hybridized carbons (Fsp3) is 0.632. The van der Waals surface area contributed by atoms with Gasteiger partial charge in [0.25, 0.3) is 0 Å². The standard InChI is InChI=1S/C19H28N2O2/c1-18(2,3)23-17(22)21-19(10-11-19)16-6-4-14(5-7-16)15-8-12-20-13-9-15/h4-7,15,20H,8-13H2,1-3H3,(H,21,22). The Morgan fingerprint density at radius 1 is 1.17 bits per heavy atom. The maximum atomic E-state index is 12.1.